The summed E-state index contributed by atoms with van der Waals surface area (Å²) in [5.41, 5.74) is 1.55. The molecule has 0 spiro atoms. The van der Waals surface area contributed by atoms with Gasteiger partial charge >= 0.3 is 6.09 Å². The van der Waals surface area contributed by atoms with Crippen molar-refractivity contribution in [1.82, 2.24) is 0 Å². The predicted octanol–water partition coefficient (Wildman–Crippen LogP) is 2.50. The second kappa shape index (κ2) is 4.30. The first-order valence-electron chi connectivity index (χ1n) is 3.93. The van der Waals surface area contributed by atoms with Crippen molar-refractivity contribution in [2.45, 2.75) is 6.42 Å². The minimum Gasteiger partial charge on any atom is -0.465 e. The second-order valence-corrected chi connectivity index (χ2v) is 2.58. The maximum atomic E-state index is 10.4. The zero-order valence-electron chi connectivity index (χ0n) is 7.16. The minimum absolute atomic E-state index is 0.620. The summed E-state index contributed by atoms with van der Waals surface area (Å²) in [4.78, 5) is 10.4. The standard InChI is InChI=1S/C10H11NO2/c1-2-5-8-6-3-4-7-9(8)11-10(12)13/h2-4,6-7,11H,1,5H2,(H,12,13). The number of carboxylic acid groups (broad SMARTS) is 1. The lowest BCUT2D eigenvalue weighted by Gasteiger charge is -2.05. The Morgan fingerprint density at radius 3 is 2.85 bits per heavy atom. The van der Waals surface area contributed by atoms with Gasteiger partial charge in [0.1, 0.15) is 0 Å². The van der Waals surface area contributed by atoms with Gasteiger partial charge in [0.2, 0.25) is 0 Å². The number of para-hydroxylation sites is 1. The summed E-state index contributed by atoms with van der Waals surface area (Å²) in [6.45, 7) is 3.60. The fourth-order valence-electron chi connectivity index (χ4n) is 1.09. The highest BCUT2D eigenvalue weighted by Crippen LogP contribution is 2.15. The monoisotopic (exact) mass is 177 g/mol. The van der Waals surface area contributed by atoms with Gasteiger partial charge in [0.05, 0.1) is 0 Å². The molecule has 0 fully saturated rings. The Balaban J connectivity index is 2.90. The summed E-state index contributed by atoms with van der Waals surface area (Å²) < 4.78 is 0. The predicted molar refractivity (Wildman–Crippen MR) is 52.0 cm³/mol. The summed E-state index contributed by atoms with van der Waals surface area (Å²) in [7, 11) is 0. The van der Waals surface area contributed by atoms with Crippen molar-refractivity contribution < 1.29 is 9.90 Å². The van der Waals surface area contributed by atoms with Crippen molar-refractivity contribution >= 4 is 11.8 Å². The highest BCUT2D eigenvalue weighted by atomic mass is 16.4. The number of carbonyl (C=O) groups is 1. The van der Waals surface area contributed by atoms with E-state index in [1.165, 1.54) is 0 Å². The van der Waals surface area contributed by atoms with Gasteiger partial charge in [0.15, 0.2) is 0 Å². The van der Waals surface area contributed by atoms with Gasteiger partial charge in [-0.3, -0.25) is 5.32 Å². The van der Waals surface area contributed by atoms with E-state index in [1.54, 1.807) is 18.2 Å². The number of hydrogen-bond acceptors (Lipinski definition) is 1. The van der Waals surface area contributed by atoms with E-state index in [2.05, 4.69) is 11.9 Å². The number of nitrogens with one attached hydrogen (secondary N) is 1. The summed E-state index contributed by atoms with van der Waals surface area (Å²) in [6, 6.07) is 7.25. The third-order valence-electron chi connectivity index (χ3n) is 1.62. The van der Waals surface area contributed by atoms with E-state index in [9.17, 15) is 4.79 Å². The fraction of sp³-hybridized carbons (Fsp3) is 0.100. The molecular formula is C10H11NO2. The average Bonchev–Trinajstić information content (AvgIpc) is 2.08. The van der Waals surface area contributed by atoms with Crippen LogP contribution in [0.1, 0.15) is 5.56 Å². The number of allylic oxidation sites excluding steroid dienone is 1. The second-order valence-electron chi connectivity index (χ2n) is 2.58. The SMILES string of the molecule is C=CCc1ccccc1NC(=O)O. The molecule has 3 nitrogen and oxygen atoms in total. The molecule has 0 saturated carbocycles. The van der Waals surface area contributed by atoms with Gasteiger partial charge in [-0.15, -0.1) is 6.58 Å². The number of amides is 1. The van der Waals surface area contributed by atoms with E-state index >= 15 is 0 Å². The molecule has 0 bridgehead atoms. The van der Waals surface area contributed by atoms with Gasteiger partial charge < -0.3 is 5.11 Å². The minimum atomic E-state index is -1.04. The van der Waals surface area contributed by atoms with E-state index in [0.29, 0.717) is 12.1 Å². The maximum Gasteiger partial charge on any atom is 0.409 e. The Morgan fingerprint density at radius 2 is 2.23 bits per heavy atom. The highest BCUT2D eigenvalue weighted by molar-refractivity contribution is 5.84. The molecule has 1 aromatic rings. The molecule has 1 amide bonds. The largest absolute Gasteiger partial charge is 0.465 e. The van der Waals surface area contributed by atoms with Crippen LogP contribution in [0, 0.1) is 0 Å². The lowest BCUT2D eigenvalue weighted by molar-refractivity contribution is 0.209. The van der Waals surface area contributed by atoms with Crippen LogP contribution in [0.25, 0.3) is 0 Å². The van der Waals surface area contributed by atoms with Gasteiger partial charge in [-0.05, 0) is 18.1 Å². The molecule has 1 aromatic carbocycles. The Labute approximate surface area is 76.7 Å². The lowest BCUT2D eigenvalue weighted by Crippen LogP contribution is -2.08. The first-order chi connectivity index (χ1) is 6.24. The molecule has 0 aromatic heterocycles. The lowest BCUT2D eigenvalue weighted by atomic mass is 10.1. The number of benzene rings is 1. The summed E-state index contributed by atoms with van der Waals surface area (Å²) in [5.74, 6) is 0. The molecule has 0 atom stereocenters. The van der Waals surface area contributed by atoms with Gasteiger partial charge in [-0.25, -0.2) is 4.79 Å². The van der Waals surface area contributed by atoms with Gasteiger partial charge in [0.25, 0.3) is 0 Å². The Kier molecular flexibility index (Phi) is 3.09. The van der Waals surface area contributed by atoms with E-state index in [1.807, 2.05) is 12.1 Å². The first-order valence-corrected chi connectivity index (χ1v) is 3.93. The van der Waals surface area contributed by atoms with Gasteiger partial charge in [-0.2, -0.15) is 0 Å². The van der Waals surface area contributed by atoms with E-state index in [0.717, 1.165) is 5.56 Å². The van der Waals surface area contributed by atoms with Crippen LogP contribution in [0.5, 0.6) is 0 Å². The van der Waals surface area contributed by atoms with Crippen molar-refractivity contribution in [2.24, 2.45) is 0 Å². The van der Waals surface area contributed by atoms with E-state index in [4.69, 9.17) is 5.11 Å². The molecule has 0 aliphatic heterocycles. The molecule has 0 aliphatic carbocycles. The van der Waals surface area contributed by atoms with Crippen LogP contribution in [-0.2, 0) is 6.42 Å². The quantitative estimate of drug-likeness (QED) is 0.697. The van der Waals surface area contributed by atoms with Crippen molar-refractivity contribution in [3.8, 4) is 0 Å². The van der Waals surface area contributed by atoms with Crippen LogP contribution in [0.4, 0.5) is 10.5 Å². The van der Waals surface area contributed by atoms with Crippen molar-refractivity contribution in [3.05, 3.63) is 42.5 Å². The highest BCUT2D eigenvalue weighted by Gasteiger charge is 2.01. The van der Waals surface area contributed by atoms with Crippen LogP contribution in [0.15, 0.2) is 36.9 Å². The van der Waals surface area contributed by atoms with Crippen LogP contribution in [-0.4, -0.2) is 11.2 Å². The smallest absolute Gasteiger partial charge is 0.409 e. The maximum absolute atomic E-state index is 10.4. The number of anilines is 1. The van der Waals surface area contributed by atoms with Crippen molar-refractivity contribution in [2.75, 3.05) is 5.32 Å². The zero-order chi connectivity index (χ0) is 9.68. The van der Waals surface area contributed by atoms with E-state index < -0.39 is 6.09 Å². The molecule has 68 valence electrons. The third kappa shape index (κ3) is 2.63. The molecule has 0 radical (unpaired) electrons. The van der Waals surface area contributed by atoms with Crippen molar-refractivity contribution in [3.63, 3.8) is 0 Å². The van der Waals surface area contributed by atoms with Crippen molar-refractivity contribution in [1.29, 1.82) is 0 Å². The summed E-state index contributed by atoms with van der Waals surface area (Å²) in [5, 5.41) is 10.8. The van der Waals surface area contributed by atoms with Crippen LogP contribution >= 0.6 is 0 Å². The average molecular weight is 177 g/mol. The molecule has 0 heterocycles. The molecule has 0 saturated heterocycles. The summed E-state index contributed by atoms with van der Waals surface area (Å²) in [6.07, 6.45) is 1.36. The molecule has 0 aliphatic rings. The molecule has 1 rings (SSSR count). The van der Waals surface area contributed by atoms with Crippen LogP contribution in [0.3, 0.4) is 0 Å². The summed E-state index contributed by atoms with van der Waals surface area (Å²) >= 11 is 0. The Hall–Kier alpha value is -1.77. The fourth-order valence-corrected chi connectivity index (χ4v) is 1.09. The molecule has 2 N–H and O–H groups in total. The Bertz CT molecular complexity index is 320. The molecular weight excluding hydrogens is 166 g/mol. The Morgan fingerprint density at radius 1 is 1.54 bits per heavy atom. The number of rotatable bonds is 3. The zero-order valence-corrected chi connectivity index (χ0v) is 7.16. The van der Waals surface area contributed by atoms with Gasteiger partial charge in [0, 0.05) is 5.69 Å². The van der Waals surface area contributed by atoms with Crippen LogP contribution < -0.4 is 5.32 Å². The van der Waals surface area contributed by atoms with Gasteiger partial charge in [-0.1, -0.05) is 24.3 Å². The third-order valence-corrected chi connectivity index (χ3v) is 1.62. The number of hydrogen-bond donors (Lipinski definition) is 2. The van der Waals surface area contributed by atoms with E-state index in [-0.39, 0.29) is 0 Å². The van der Waals surface area contributed by atoms with Crippen LogP contribution in [0.2, 0.25) is 0 Å². The first kappa shape index (κ1) is 9.32. The topological polar surface area (TPSA) is 49.3 Å². The molecule has 3 heteroatoms. The molecule has 13 heavy (non-hydrogen) atoms. The normalized spacial score (nSPS) is 9.23. The molecule has 0 unspecified atom stereocenters.